The third-order valence-electron chi connectivity index (χ3n) is 6.26. The van der Waals surface area contributed by atoms with Gasteiger partial charge >= 0.3 is 0 Å². The molecule has 29 heavy (non-hydrogen) atoms. The van der Waals surface area contributed by atoms with E-state index in [4.69, 9.17) is 4.74 Å². The maximum atomic E-state index is 12.4. The molecule has 0 aromatic heterocycles. The van der Waals surface area contributed by atoms with Gasteiger partial charge in [0.15, 0.2) is 5.78 Å². The van der Waals surface area contributed by atoms with Crippen LogP contribution in [0.15, 0.2) is 24.3 Å². The van der Waals surface area contributed by atoms with Crippen LogP contribution in [0, 0.1) is 5.92 Å². The molecule has 0 radical (unpaired) electrons. The number of nitrogens with zero attached hydrogens (tertiary/aromatic N) is 3. The molecule has 0 unspecified atom stereocenters. The maximum Gasteiger partial charge on any atom is 0.236 e. The van der Waals surface area contributed by atoms with Crippen molar-refractivity contribution in [2.45, 2.75) is 32.1 Å². The molecule has 2 saturated heterocycles. The van der Waals surface area contributed by atoms with Gasteiger partial charge in [0, 0.05) is 44.2 Å². The zero-order valence-electron chi connectivity index (χ0n) is 17.4. The molecule has 2 heterocycles. The van der Waals surface area contributed by atoms with E-state index in [1.165, 1.54) is 12.8 Å². The van der Waals surface area contributed by atoms with Crippen LogP contribution in [0.25, 0.3) is 0 Å². The van der Waals surface area contributed by atoms with Crippen LogP contribution in [0.1, 0.15) is 42.5 Å². The second-order valence-corrected chi connectivity index (χ2v) is 8.57. The second kappa shape index (κ2) is 9.72. The van der Waals surface area contributed by atoms with Gasteiger partial charge in [-0.15, -0.1) is 0 Å². The number of hydrogen-bond donors (Lipinski definition) is 0. The van der Waals surface area contributed by atoms with Crippen molar-refractivity contribution in [3.8, 4) is 5.75 Å². The quantitative estimate of drug-likeness (QED) is 0.471. The largest absolute Gasteiger partial charge is 0.494 e. The SMILES string of the molecule is O=C(c1ccc(OCCCN2CCN(C(=O)CN3CCCC3)CC2)cc1)C1CC1. The highest BCUT2D eigenvalue weighted by atomic mass is 16.5. The van der Waals surface area contributed by atoms with Crippen molar-refractivity contribution in [3.05, 3.63) is 29.8 Å². The number of Topliss-reactive ketones (excluding diaryl/α,β-unsaturated/α-hetero) is 1. The number of carbonyl (C=O) groups is 2. The van der Waals surface area contributed by atoms with Crippen molar-refractivity contribution in [2.24, 2.45) is 5.92 Å². The van der Waals surface area contributed by atoms with Gasteiger partial charge in [0.05, 0.1) is 13.2 Å². The predicted octanol–water partition coefficient (Wildman–Crippen LogP) is 2.29. The Kier molecular flexibility index (Phi) is 6.82. The van der Waals surface area contributed by atoms with Gasteiger partial charge in [-0.2, -0.15) is 0 Å². The molecular formula is C23H33N3O3. The molecule has 1 aliphatic carbocycles. The minimum Gasteiger partial charge on any atom is -0.494 e. The summed E-state index contributed by atoms with van der Waals surface area (Å²) in [4.78, 5) is 31.2. The molecule has 3 aliphatic rings. The fourth-order valence-electron chi connectivity index (χ4n) is 4.23. The van der Waals surface area contributed by atoms with E-state index in [1.807, 2.05) is 29.2 Å². The average Bonchev–Trinajstić information content (AvgIpc) is 3.48. The van der Waals surface area contributed by atoms with Crippen molar-refractivity contribution < 1.29 is 14.3 Å². The van der Waals surface area contributed by atoms with Crippen molar-refractivity contribution in [1.82, 2.24) is 14.7 Å². The minimum absolute atomic E-state index is 0.262. The Morgan fingerprint density at radius 2 is 1.59 bits per heavy atom. The summed E-state index contributed by atoms with van der Waals surface area (Å²) in [6.07, 6.45) is 5.50. The fourth-order valence-corrected chi connectivity index (χ4v) is 4.23. The molecule has 0 N–H and O–H groups in total. The standard InChI is InChI=1S/C23H33N3O3/c27-22(18-25-10-1-2-11-25)26-15-13-24(14-16-26)12-3-17-29-21-8-6-20(7-9-21)23(28)19-4-5-19/h6-9,19H,1-5,10-18H2. The Morgan fingerprint density at radius 3 is 2.24 bits per heavy atom. The molecule has 3 fully saturated rings. The van der Waals surface area contributed by atoms with Crippen LogP contribution in [0.4, 0.5) is 0 Å². The summed E-state index contributed by atoms with van der Waals surface area (Å²) in [5.41, 5.74) is 0.803. The van der Waals surface area contributed by atoms with Crippen molar-refractivity contribution in [2.75, 3.05) is 59.0 Å². The van der Waals surface area contributed by atoms with Crippen LogP contribution in [-0.2, 0) is 4.79 Å². The first-order chi connectivity index (χ1) is 14.2. The zero-order valence-corrected chi connectivity index (χ0v) is 17.4. The van der Waals surface area contributed by atoms with E-state index in [0.717, 1.165) is 76.4 Å². The van der Waals surface area contributed by atoms with Crippen LogP contribution >= 0.6 is 0 Å². The lowest BCUT2D eigenvalue weighted by molar-refractivity contribution is -0.133. The average molecular weight is 400 g/mol. The van der Waals surface area contributed by atoms with Crippen molar-refractivity contribution in [3.63, 3.8) is 0 Å². The summed E-state index contributed by atoms with van der Waals surface area (Å²) in [7, 11) is 0. The van der Waals surface area contributed by atoms with Crippen molar-refractivity contribution in [1.29, 1.82) is 0 Å². The van der Waals surface area contributed by atoms with Gasteiger partial charge in [0.1, 0.15) is 5.75 Å². The molecule has 0 spiro atoms. The van der Waals surface area contributed by atoms with Crippen LogP contribution in [-0.4, -0.2) is 85.4 Å². The lowest BCUT2D eigenvalue weighted by Gasteiger charge is -2.35. The van der Waals surface area contributed by atoms with Gasteiger partial charge in [-0.25, -0.2) is 0 Å². The molecule has 1 saturated carbocycles. The third kappa shape index (κ3) is 5.80. The molecule has 0 bridgehead atoms. The second-order valence-electron chi connectivity index (χ2n) is 8.57. The molecule has 4 rings (SSSR count). The topological polar surface area (TPSA) is 53.1 Å². The maximum absolute atomic E-state index is 12.4. The van der Waals surface area contributed by atoms with Crippen LogP contribution in [0.3, 0.4) is 0 Å². The number of ketones is 1. The van der Waals surface area contributed by atoms with E-state index in [9.17, 15) is 9.59 Å². The first kappa shape index (κ1) is 20.4. The van der Waals surface area contributed by atoms with Gasteiger partial charge in [-0.1, -0.05) is 0 Å². The smallest absolute Gasteiger partial charge is 0.236 e. The molecule has 6 heteroatoms. The van der Waals surface area contributed by atoms with E-state index in [1.54, 1.807) is 0 Å². The summed E-state index contributed by atoms with van der Waals surface area (Å²) in [5.74, 6) is 1.65. The lowest BCUT2D eigenvalue weighted by atomic mass is 10.1. The Morgan fingerprint density at radius 1 is 0.897 bits per heavy atom. The predicted molar refractivity (Wildman–Crippen MR) is 112 cm³/mol. The highest BCUT2D eigenvalue weighted by molar-refractivity contribution is 5.99. The Balaban J connectivity index is 1.09. The number of amides is 1. The molecule has 1 amide bonds. The molecule has 1 aromatic carbocycles. The first-order valence-electron chi connectivity index (χ1n) is 11.2. The molecule has 2 aliphatic heterocycles. The van der Waals surface area contributed by atoms with E-state index >= 15 is 0 Å². The number of likely N-dealkylation sites (tertiary alicyclic amines) is 1. The third-order valence-corrected chi connectivity index (χ3v) is 6.26. The van der Waals surface area contributed by atoms with Crippen LogP contribution in [0.2, 0.25) is 0 Å². The first-order valence-corrected chi connectivity index (χ1v) is 11.2. The van der Waals surface area contributed by atoms with Gasteiger partial charge in [0.2, 0.25) is 5.91 Å². The zero-order chi connectivity index (χ0) is 20.1. The fraction of sp³-hybridized carbons (Fsp3) is 0.652. The Bertz CT molecular complexity index is 688. The number of rotatable bonds is 9. The Labute approximate surface area is 173 Å². The Hall–Kier alpha value is -1.92. The van der Waals surface area contributed by atoms with E-state index in [-0.39, 0.29) is 11.7 Å². The van der Waals surface area contributed by atoms with Crippen LogP contribution < -0.4 is 4.74 Å². The monoisotopic (exact) mass is 399 g/mol. The molecular weight excluding hydrogens is 366 g/mol. The normalized spacial score (nSPS) is 20.8. The van der Waals surface area contributed by atoms with E-state index in [0.29, 0.717) is 19.1 Å². The van der Waals surface area contributed by atoms with Gasteiger partial charge in [-0.05, 0) is 69.5 Å². The number of piperazine rings is 1. The van der Waals surface area contributed by atoms with Gasteiger partial charge < -0.3 is 9.64 Å². The van der Waals surface area contributed by atoms with E-state index in [2.05, 4.69) is 9.80 Å². The number of hydrogen-bond acceptors (Lipinski definition) is 5. The minimum atomic E-state index is 0.262. The number of ether oxygens (including phenoxy) is 1. The highest BCUT2D eigenvalue weighted by Crippen LogP contribution is 2.32. The summed E-state index contributed by atoms with van der Waals surface area (Å²) in [6, 6.07) is 7.57. The summed E-state index contributed by atoms with van der Waals surface area (Å²) in [5, 5.41) is 0. The summed E-state index contributed by atoms with van der Waals surface area (Å²) >= 11 is 0. The molecule has 1 aromatic rings. The van der Waals surface area contributed by atoms with E-state index < -0.39 is 0 Å². The van der Waals surface area contributed by atoms with Crippen molar-refractivity contribution >= 4 is 11.7 Å². The molecule has 0 atom stereocenters. The lowest BCUT2D eigenvalue weighted by Crippen LogP contribution is -2.51. The number of benzene rings is 1. The summed E-state index contributed by atoms with van der Waals surface area (Å²) < 4.78 is 5.83. The highest BCUT2D eigenvalue weighted by Gasteiger charge is 2.30. The summed E-state index contributed by atoms with van der Waals surface area (Å²) in [6.45, 7) is 7.98. The number of carbonyl (C=O) groups excluding carboxylic acids is 2. The van der Waals surface area contributed by atoms with Gasteiger partial charge in [-0.3, -0.25) is 19.4 Å². The molecule has 6 nitrogen and oxygen atoms in total. The van der Waals surface area contributed by atoms with Crippen LogP contribution in [0.5, 0.6) is 5.75 Å². The molecule has 158 valence electrons. The van der Waals surface area contributed by atoms with Gasteiger partial charge in [0.25, 0.3) is 0 Å².